The van der Waals surface area contributed by atoms with Crippen LogP contribution in [-0.4, -0.2) is 76.5 Å². The van der Waals surface area contributed by atoms with E-state index in [9.17, 15) is 9.59 Å². The fourth-order valence-corrected chi connectivity index (χ4v) is 4.17. The maximum absolute atomic E-state index is 13.0. The van der Waals surface area contributed by atoms with Gasteiger partial charge in [0.05, 0.1) is 5.02 Å². The number of benzene rings is 1. The second-order valence-electron chi connectivity index (χ2n) is 8.35. The van der Waals surface area contributed by atoms with Crippen LogP contribution < -0.4 is 15.8 Å². The second-order valence-corrected chi connectivity index (χ2v) is 9.19. The Morgan fingerprint density at radius 1 is 1.25 bits per heavy atom. The van der Waals surface area contributed by atoms with Gasteiger partial charge in [0.1, 0.15) is 10.9 Å². The van der Waals surface area contributed by atoms with E-state index < -0.39 is 6.10 Å². The minimum Gasteiger partial charge on any atom is -0.463 e. The number of aromatic nitrogens is 1. The van der Waals surface area contributed by atoms with Gasteiger partial charge in [0.2, 0.25) is 5.88 Å². The third-order valence-corrected chi connectivity index (χ3v) is 6.28. The summed E-state index contributed by atoms with van der Waals surface area (Å²) in [6.07, 6.45) is 1.51. The van der Waals surface area contributed by atoms with Crippen molar-refractivity contribution in [3.63, 3.8) is 0 Å². The van der Waals surface area contributed by atoms with Crippen molar-refractivity contribution in [3.05, 3.63) is 57.7 Å². The van der Waals surface area contributed by atoms with E-state index in [-0.39, 0.29) is 35.1 Å². The van der Waals surface area contributed by atoms with E-state index in [4.69, 9.17) is 38.9 Å². The number of carbonyl (C=O) groups is 2. The number of ether oxygens (including phenoxy) is 1. The van der Waals surface area contributed by atoms with Crippen molar-refractivity contribution in [2.75, 3.05) is 32.7 Å². The summed E-state index contributed by atoms with van der Waals surface area (Å²) in [4.78, 5) is 33.7. The molecule has 0 spiro atoms. The molecule has 0 unspecified atom stereocenters. The molecule has 12 heteroatoms. The molecule has 1 saturated heterocycles. The molecule has 36 heavy (non-hydrogen) atoms. The summed E-state index contributed by atoms with van der Waals surface area (Å²) >= 11 is 12.0. The van der Waals surface area contributed by atoms with E-state index in [1.807, 2.05) is 17.9 Å². The van der Waals surface area contributed by atoms with E-state index in [1.165, 1.54) is 12.3 Å². The standard InChI is InChI=1S/C24H30Cl2N6O4/c1-2-20(36-23-19(26)13-18(25)15-29-23)22(33)28-14-16-4-3-5-17(12-16)24(34)32-10-8-31(9-11-32)7-6-21(27)30-35/h3-5,12-13,15,20,35H,2,6-11,14H2,1H3,(H2,27,30)(H,28,33)/t20-/m1/s1. The van der Waals surface area contributed by atoms with E-state index in [0.717, 1.165) is 5.56 Å². The molecule has 1 aliphatic rings. The van der Waals surface area contributed by atoms with E-state index >= 15 is 0 Å². The highest BCUT2D eigenvalue weighted by Crippen LogP contribution is 2.26. The van der Waals surface area contributed by atoms with Gasteiger partial charge in [0.15, 0.2) is 6.10 Å². The highest BCUT2D eigenvalue weighted by Gasteiger charge is 2.23. The Hall–Kier alpha value is -3.08. The van der Waals surface area contributed by atoms with Crippen molar-refractivity contribution in [2.24, 2.45) is 10.9 Å². The molecule has 4 N–H and O–H groups in total. The second kappa shape index (κ2) is 13.3. The molecule has 1 aromatic heterocycles. The van der Waals surface area contributed by atoms with Gasteiger partial charge in [-0.05, 0) is 30.2 Å². The number of hydrogen-bond acceptors (Lipinski definition) is 7. The van der Waals surface area contributed by atoms with Crippen molar-refractivity contribution in [1.82, 2.24) is 20.1 Å². The third-order valence-electron chi connectivity index (χ3n) is 5.80. The molecule has 1 fully saturated rings. The summed E-state index contributed by atoms with van der Waals surface area (Å²) < 4.78 is 5.68. The van der Waals surface area contributed by atoms with Gasteiger partial charge in [0, 0.05) is 57.4 Å². The summed E-state index contributed by atoms with van der Waals surface area (Å²) in [5.41, 5.74) is 6.89. The Morgan fingerprint density at radius 2 is 2.00 bits per heavy atom. The van der Waals surface area contributed by atoms with Crippen LogP contribution in [0.5, 0.6) is 5.88 Å². The molecule has 0 radical (unpaired) electrons. The van der Waals surface area contributed by atoms with E-state index in [0.29, 0.717) is 56.2 Å². The Labute approximate surface area is 220 Å². The van der Waals surface area contributed by atoms with Gasteiger partial charge in [-0.1, -0.05) is 47.4 Å². The lowest BCUT2D eigenvalue weighted by molar-refractivity contribution is -0.128. The molecular weight excluding hydrogens is 507 g/mol. The van der Waals surface area contributed by atoms with Crippen LogP contribution in [-0.2, 0) is 11.3 Å². The van der Waals surface area contributed by atoms with Gasteiger partial charge >= 0.3 is 0 Å². The molecule has 194 valence electrons. The lowest BCUT2D eigenvalue weighted by atomic mass is 10.1. The van der Waals surface area contributed by atoms with Gasteiger partial charge in [-0.15, -0.1) is 0 Å². The minimum absolute atomic E-state index is 0.0579. The van der Waals surface area contributed by atoms with Crippen molar-refractivity contribution in [3.8, 4) is 5.88 Å². The number of hydrogen-bond donors (Lipinski definition) is 3. The quantitative estimate of drug-likeness (QED) is 0.184. The van der Waals surface area contributed by atoms with E-state index in [2.05, 4.69) is 20.4 Å². The summed E-state index contributed by atoms with van der Waals surface area (Å²) in [6.45, 7) is 5.34. The molecule has 1 aromatic carbocycles. The molecule has 2 amide bonds. The highest BCUT2D eigenvalue weighted by molar-refractivity contribution is 6.35. The van der Waals surface area contributed by atoms with Gasteiger partial charge in [0.25, 0.3) is 11.8 Å². The number of nitrogens with two attached hydrogens (primary N) is 1. The molecule has 0 saturated carbocycles. The van der Waals surface area contributed by atoms with Gasteiger partial charge < -0.3 is 25.9 Å². The zero-order valence-corrected chi connectivity index (χ0v) is 21.5. The van der Waals surface area contributed by atoms with Crippen LogP contribution in [0.3, 0.4) is 0 Å². The predicted molar refractivity (Wildman–Crippen MR) is 138 cm³/mol. The third kappa shape index (κ3) is 7.71. The SMILES string of the molecule is CC[C@@H](Oc1ncc(Cl)cc1Cl)C(=O)NCc1cccc(C(=O)N2CCN(CC/C(N)=N/O)CC2)c1. The molecule has 2 heterocycles. The molecule has 3 rings (SSSR count). The van der Waals surface area contributed by atoms with E-state index in [1.54, 1.807) is 18.2 Å². The van der Waals surface area contributed by atoms with Crippen LogP contribution in [0.25, 0.3) is 0 Å². The number of rotatable bonds is 10. The van der Waals surface area contributed by atoms with Crippen LogP contribution in [0.2, 0.25) is 10.0 Å². The normalized spacial score (nSPS) is 15.4. The van der Waals surface area contributed by atoms with Gasteiger partial charge in [-0.2, -0.15) is 0 Å². The number of nitrogens with zero attached hydrogens (tertiary/aromatic N) is 4. The minimum atomic E-state index is -0.781. The van der Waals surface area contributed by atoms with Crippen LogP contribution in [0.15, 0.2) is 41.7 Å². The Balaban J connectivity index is 1.52. The van der Waals surface area contributed by atoms with Crippen molar-refractivity contribution >= 4 is 40.9 Å². The zero-order chi connectivity index (χ0) is 26.1. The topological polar surface area (TPSA) is 133 Å². The molecule has 1 aliphatic heterocycles. The number of piperazine rings is 1. The fourth-order valence-electron chi connectivity index (χ4n) is 3.74. The first-order valence-corrected chi connectivity index (χ1v) is 12.4. The van der Waals surface area contributed by atoms with Gasteiger partial charge in [-0.25, -0.2) is 4.98 Å². The average molecular weight is 537 g/mol. The number of nitrogens with one attached hydrogen (secondary N) is 1. The molecule has 10 nitrogen and oxygen atoms in total. The lowest BCUT2D eigenvalue weighted by Gasteiger charge is -2.34. The Bertz CT molecular complexity index is 1090. The molecule has 2 aromatic rings. The highest BCUT2D eigenvalue weighted by atomic mass is 35.5. The maximum Gasteiger partial charge on any atom is 0.261 e. The maximum atomic E-state index is 13.0. The largest absolute Gasteiger partial charge is 0.463 e. The number of amidine groups is 1. The van der Waals surface area contributed by atoms with Crippen LogP contribution >= 0.6 is 23.2 Å². The van der Waals surface area contributed by atoms with Crippen molar-refractivity contribution in [1.29, 1.82) is 0 Å². The molecule has 0 bridgehead atoms. The average Bonchev–Trinajstić information content (AvgIpc) is 2.90. The summed E-state index contributed by atoms with van der Waals surface area (Å²) in [5.74, 6) is -0.0389. The first-order chi connectivity index (χ1) is 17.3. The summed E-state index contributed by atoms with van der Waals surface area (Å²) in [7, 11) is 0. The number of carbonyl (C=O) groups excluding carboxylic acids is 2. The first-order valence-electron chi connectivity index (χ1n) is 11.6. The van der Waals surface area contributed by atoms with Crippen LogP contribution in [0, 0.1) is 0 Å². The Morgan fingerprint density at radius 3 is 2.67 bits per heavy atom. The van der Waals surface area contributed by atoms with Crippen LogP contribution in [0.4, 0.5) is 0 Å². The van der Waals surface area contributed by atoms with Gasteiger partial charge in [-0.3, -0.25) is 14.5 Å². The lowest BCUT2D eigenvalue weighted by Crippen LogP contribution is -2.49. The fraction of sp³-hybridized carbons (Fsp3) is 0.417. The zero-order valence-electron chi connectivity index (χ0n) is 20.0. The number of amides is 2. The number of pyridine rings is 1. The first kappa shape index (κ1) is 27.5. The summed E-state index contributed by atoms with van der Waals surface area (Å²) in [5, 5.41) is 15.1. The van der Waals surface area contributed by atoms with Crippen molar-refractivity contribution < 1.29 is 19.5 Å². The Kier molecular flexibility index (Phi) is 10.2. The predicted octanol–water partition coefficient (Wildman–Crippen LogP) is 2.76. The number of oxime groups is 1. The molecular formula is C24H30Cl2N6O4. The van der Waals surface area contributed by atoms with Crippen LogP contribution in [0.1, 0.15) is 35.7 Å². The van der Waals surface area contributed by atoms with Crippen molar-refractivity contribution in [2.45, 2.75) is 32.4 Å². The molecule has 0 aliphatic carbocycles. The monoisotopic (exact) mass is 536 g/mol. The number of halogens is 2. The molecule has 1 atom stereocenters. The summed E-state index contributed by atoms with van der Waals surface area (Å²) in [6, 6.07) is 8.70. The smallest absolute Gasteiger partial charge is 0.261 e.